The molecule has 0 radical (unpaired) electrons. The topological polar surface area (TPSA) is 64.7 Å². The lowest BCUT2D eigenvalue weighted by molar-refractivity contribution is -0.116. The van der Waals surface area contributed by atoms with Crippen LogP contribution < -0.4 is 5.32 Å². The molecule has 1 aromatic carbocycles. The van der Waals surface area contributed by atoms with Crippen molar-refractivity contribution in [2.75, 3.05) is 5.32 Å². The van der Waals surface area contributed by atoms with Gasteiger partial charge in [-0.3, -0.25) is 14.2 Å². The van der Waals surface area contributed by atoms with Crippen molar-refractivity contribution in [1.82, 2.24) is 19.6 Å². The van der Waals surface area contributed by atoms with Crippen LogP contribution in [0.1, 0.15) is 29.1 Å². The van der Waals surface area contributed by atoms with Crippen LogP contribution in [0.25, 0.3) is 0 Å². The van der Waals surface area contributed by atoms with Crippen molar-refractivity contribution in [3.63, 3.8) is 0 Å². The highest BCUT2D eigenvalue weighted by Crippen LogP contribution is 2.23. The fraction of sp³-hybridized carbons (Fsp3) is 0.316. The van der Waals surface area contributed by atoms with Crippen molar-refractivity contribution in [3.8, 4) is 0 Å². The van der Waals surface area contributed by atoms with Crippen LogP contribution in [0.2, 0.25) is 5.02 Å². The summed E-state index contributed by atoms with van der Waals surface area (Å²) in [6.45, 7) is 6.88. The van der Waals surface area contributed by atoms with E-state index in [1.807, 2.05) is 54.4 Å². The van der Waals surface area contributed by atoms with Gasteiger partial charge in [-0.15, -0.1) is 0 Å². The van der Waals surface area contributed by atoms with E-state index in [0.717, 1.165) is 32.8 Å². The third-order valence-corrected chi connectivity index (χ3v) is 5.67. The average molecular weight is 451 g/mol. The van der Waals surface area contributed by atoms with E-state index in [9.17, 15) is 4.79 Å². The molecule has 1 amide bonds. The van der Waals surface area contributed by atoms with Gasteiger partial charge < -0.3 is 5.32 Å². The zero-order valence-electron chi connectivity index (χ0n) is 15.5. The molecule has 0 aliphatic carbocycles. The van der Waals surface area contributed by atoms with Crippen molar-refractivity contribution in [3.05, 3.63) is 62.6 Å². The number of carbonyl (C=O) groups is 1. The maximum atomic E-state index is 12.4. The van der Waals surface area contributed by atoms with E-state index in [4.69, 9.17) is 11.6 Å². The number of nitrogens with zero attached hydrogens (tertiary/aromatic N) is 4. The average Bonchev–Trinajstić information content (AvgIpc) is 3.09. The number of aryl methyl sites for hydroxylation is 2. The largest absolute Gasteiger partial charge is 0.323 e. The number of benzene rings is 1. The van der Waals surface area contributed by atoms with Gasteiger partial charge >= 0.3 is 0 Å². The van der Waals surface area contributed by atoms with Crippen LogP contribution >= 0.6 is 27.5 Å². The van der Waals surface area contributed by atoms with E-state index < -0.39 is 0 Å². The Morgan fingerprint density at radius 2 is 1.93 bits per heavy atom. The van der Waals surface area contributed by atoms with E-state index in [-0.39, 0.29) is 5.91 Å². The molecular formula is C19H21BrClN5O. The number of aromatic nitrogens is 4. The molecule has 27 heavy (non-hydrogen) atoms. The molecule has 0 bridgehead atoms. The Labute approximate surface area is 171 Å². The second-order valence-corrected chi connectivity index (χ2v) is 7.66. The Hall–Kier alpha value is -2.12. The summed E-state index contributed by atoms with van der Waals surface area (Å²) < 4.78 is 4.61. The molecule has 6 nitrogen and oxygen atoms in total. The minimum absolute atomic E-state index is 0.0653. The Kier molecular flexibility index (Phi) is 6.01. The Balaban J connectivity index is 1.68. The molecule has 0 fully saturated rings. The molecular weight excluding hydrogens is 430 g/mol. The molecule has 3 aromatic rings. The van der Waals surface area contributed by atoms with E-state index >= 15 is 0 Å². The first kappa shape index (κ1) is 19.6. The lowest BCUT2D eigenvalue weighted by Crippen LogP contribution is -2.16. The first-order chi connectivity index (χ1) is 12.9. The van der Waals surface area contributed by atoms with Crippen molar-refractivity contribution >= 4 is 39.1 Å². The van der Waals surface area contributed by atoms with Crippen LogP contribution in [0.5, 0.6) is 0 Å². The van der Waals surface area contributed by atoms with Gasteiger partial charge in [-0.1, -0.05) is 29.8 Å². The Bertz CT molecular complexity index is 979. The minimum atomic E-state index is -0.0653. The number of carbonyl (C=O) groups excluding carboxylic acids is 1. The summed E-state index contributed by atoms with van der Waals surface area (Å²) in [4.78, 5) is 12.4. The molecule has 2 aromatic heterocycles. The fourth-order valence-electron chi connectivity index (χ4n) is 2.88. The number of rotatable bonds is 6. The standard InChI is InChI=1S/C19H21BrClN5O/c1-12-19(23-18(27)8-9-25-13(2)16(20)10-22-25)14(3)26(24-12)11-15-6-4-5-7-17(15)21/h4-7,10H,8-9,11H2,1-3H3,(H,23,27). The maximum Gasteiger partial charge on any atom is 0.226 e. The zero-order chi connectivity index (χ0) is 19.6. The van der Waals surface area contributed by atoms with E-state index in [2.05, 4.69) is 31.4 Å². The first-order valence-electron chi connectivity index (χ1n) is 8.62. The van der Waals surface area contributed by atoms with Gasteiger partial charge in [0.25, 0.3) is 0 Å². The van der Waals surface area contributed by atoms with E-state index in [0.29, 0.717) is 24.5 Å². The summed E-state index contributed by atoms with van der Waals surface area (Å²) in [6, 6.07) is 7.69. The van der Waals surface area contributed by atoms with E-state index in [1.165, 1.54) is 0 Å². The molecule has 0 aliphatic heterocycles. The molecule has 1 N–H and O–H groups in total. The summed E-state index contributed by atoms with van der Waals surface area (Å²) >= 11 is 9.68. The normalized spacial score (nSPS) is 11.0. The van der Waals surface area contributed by atoms with Crippen LogP contribution in [0.3, 0.4) is 0 Å². The SMILES string of the molecule is Cc1nn(Cc2ccccc2Cl)c(C)c1NC(=O)CCn1ncc(Br)c1C. The number of nitrogens with one attached hydrogen (secondary N) is 1. The van der Waals surface area contributed by atoms with Crippen LogP contribution in [0.15, 0.2) is 34.9 Å². The molecule has 0 saturated heterocycles. The summed E-state index contributed by atoms with van der Waals surface area (Å²) in [7, 11) is 0. The number of anilines is 1. The van der Waals surface area contributed by atoms with Crippen molar-refractivity contribution in [2.45, 2.75) is 40.3 Å². The highest BCUT2D eigenvalue weighted by atomic mass is 79.9. The van der Waals surface area contributed by atoms with Crippen molar-refractivity contribution in [1.29, 1.82) is 0 Å². The molecule has 2 heterocycles. The molecule has 0 unspecified atom stereocenters. The number of hydrogen-bond donors (Lipinski definition) is 1. The van der Waals surface area contributed by atoms with Crippen LogP contribution in [-0.4, -0.2) is 25.5 Å². The van der Waals surface area contributed by atoms with Gasteiger partial charge in [-0.05, 0) is 48.3 Å². The van der Waals surface area contributed by atoms with Crippen molar-refractivity contribution < 1.29 is 4.79 Å². The Morgan fingerprint density at radius 3 is 2.59 bits per heavy atom. The quantitative estimate of drug-likeness (QED) is 0.601. The lowest BCUT2D eigenvalue weighted by Gasteiger charge is -2.09. The second-order valence-electron chi connectivity index (χ2n) is 6.39. The Morgan fingerprint density at radius 1 is 1.19 bits per heavy atom. The fourth-order valence-corrected chi connectivity index (χ4v) is 3.37. The number of halogens is 2. The van der Waals surface area contributed by atoms with Crippen LogP contribution in [-0.2, 0) is 17.9 Å². The summed E-state index contributed by atoms with van der Waals surface area (Å²) in [5, 5.41) is 12.5. The lowest BCUT2D eigenvalue weighted by atomic mass is 10.2. The van der Waals surface area contributed by atoms with Crippen molar-refractivity contribution in [2.24, 2.45) is 0 Å². The highest BCUT2D eigenvalue weighted by Gasteiger charge is 2.15. The van der Waals surface area contributed by atoms with E-state index in [1.54, 1.807) is 6.20 Å². The molecule has 0 saturated carbocycles. The highest BCUT2D eigenvalue weighted by molar-refractivity contribution is 9.10. The maximum absolute atomic E-state index is 12.4. The molecule has 8 heteroatoms. The smallest absolute Gasteiger partial charge is 0.226 e. The van der Waals surface area contributed by atoms with Gasteiger partial charge in [0.1, 0.15) is 0 Å². The zero-order valence-corrected chi connectivity index (χ0v) is 17.8. The van der Waals surface area contributed by atoms with Gasteiger partial charge in [0.15, 0.2) is 0 Å². The first-order valence-corrected chi connectivity index (χ1v) is 9.79. The molecule has 0 atom stereocenters. The second kappa shape index (κ2) is 8.27. The van der Waals surface area contributed by atoms with Gasteiger partial charge in [-0.2, -0.15) is 10.2 Å². The molecule has 142 valence electrons. The van der Waals surface area contributed by atoms with Crippen LogP contribution in [0, 0.1) is 20.8 Å². The summed E-state index contributed by atoms with van der Waals surface area (Å²) in [5.41, 5.74) is 4.43. The number of hydrogen-bond acceptors (Lipinski definition) is 3. The summed E-state index contributed by atoms with van der Waals surface area (Å²) in [5.74, 6) is -0.0653. The minimum Gasteiger partial charge on any atom is -0.323 e. The monoisotopic (exact) mass is 449 g/mol. The predicted molar refractivity (Wildman–Crippen MR) is 110 cm³/mol. The molecule has 3 rings (SSSR count). The van der Waals surface area contributed by atoms with Gasteiger partial charge in [0, 0.05) is 17.1 Å². The predicted octanol–water partition coefficient (Wildman–Crippen LogP) is 4.50. The third kappa shape index (κ3) is 4.42. The number of amides is 1. The van der Waals surface area contributed by atoms with Gasteiger partial charge in [0.05, 0.1) is 40.8 Å². The van der Waals surface area contributed by atoms with Crippen LogP contribution in [0.4, 0.5) is 5.69 Å². The van der Waals surface area contributed by atoms with Gasteiger partial charge in [-0.25, -0.2) is 0 Å². The molecule has 0 spiro atoms. The molecule has 0 aliphatic rings. The van der Waals surface area contributed by atoms with Gasteiger partial charge in [0.2, 0.25) is 5.91 Å². The summed E-state index contributed by atoms with van der Waals surface area (Å²) in [6.07, 6.45) is 2.07. The third-order valence-electron chi connectivity index (χ3n) is 4.52.